The van der Waals surface area contributed by atoms with Crippen molar-refractivity contribution < 1.29 is 57.8 Å². The second-order valence-corrected chi connectivity index (χ2v) is 11.5. The Morgan fingerprint density at radius 1 is 0.638 bits per heavy atom. The van der Waals surface area contributed by atoms with Gasteiger partial charge in [-0.1, -0.05) is 0 Å². The summed E-state index contributed by atoms with van der Waals surface area (Å²) in [5, 5.41) is 30.7. The monoisotopic (exact) mass is 677 g/mol. The average Bonchev–Trinajstić information content (AvgIpc) is 3.03. The lowest BCUT2D eigenvalue weighted by Gasteiger charge is -2.32. The lowest BCUT2D eigenvalue weighted by molar-refractivity contribution is -0.235. The smallest absolute Gasteiger partial charge is 0.234 e. The Balaban J connectivity index is 1.73. The van der Waals surface area contributed by atoms with Crippen LogP contribution in [0.25, 0.3) is 0 Å². The molecule has 0 saturated carbocycles. The van der Waals surface area contributed by atoms with E-state index < -0.39 is 42.5 Å². The van der Waals surface area contributed by atoms with Crippen molar-refractivity contribution in [1.82, 2.24) is 26.2 Å². The van der Waals surface area contributed by atoms with Crippen molar-refractivity contribution in [3.05, 3.63) is 0 Å². The molecular formula is C30H55N5O12. The van der Waals surface area contributed by atoms with E-state index in [1.54, 1.807) is 7.05 Å². The summed E-state index contributed by atoms with van der Waals surface area (Å²) in [4.78, 5) is 50.5. The Labute approximate surface area is 276 Å². The molecular weight excluding hydrogens is 622 g/mol. The van der Waals surface area contributed by atoms with E-state index in [0.717, 1.165) is 12.8 Å². The van der Waals surface area contributed by atoms with Gasteiger partial charge in [0.1, 0.15) is 12.2 Å². The van der Waals surface area contributed by atoms with Gasteiger partial charge < -0.3 is 59.9 Å². The summed E-state index contributed by atoms with van der Waals surface area (Å²) in [6.45, 7) is 4.92. The van der Waals surface area contributed by atoms with Gasteiger partial charge in [-0.05, 0) is 39.5 Å². The summed E-state index contributed by atoms with van der Waals surface area (Å²) >= 11 is 0. The molecule has 0 unspecified atom stereocenters. The summed E-state index contributed by atoms with van der Waals surface area (Å²) in [5.74, 6) is -1.36. The van der Waals surface area contributed by atoms with Gasteiger partial charge in [0, 0.05) is 33.1 Å². The molecule has 0 aliphatic carbocycles. The Hall–Kier alpha value is -2.48. The largest absolute Gasteiger partial charge is 0.388 e. The van der Waals surface area contributed by atoms with Crippen molar-refractivity contribution >= 4 is 23.6 Å². The zero-order valence-corrected chi connectivity index (χ0v) is 27.9. The second kappa shape index (κ2) is 23.8. The molecule has 17 nitrogen and oxygen atoms in total. The maximum atomic E-state index is 12.7. The summed E-state index contributed by atoms with van der Waals surface area (Å²) in [6, 6.07) is 0. The quantitative estimate of drug-likeness (QED) is 0.0624. The van der Waals surface area contributed by atoms with Crippen LogP contribution < -0.4 is 21.3 Å². The van der Waals surface area contributed by atoms with E-state index in [4.69, 9.17) is 28.4 Å². The minimum atomic E-state index is -0.759. The number of nitrogens with one attached hydrogen (secondary N) is 4. The molecule has 0 aromatic carbocycles. The van der Waals surface area contributed by atoms with Crippen LogP contribution in [0.3, 0.4) is 0 Å². The van der Waals surface area contributed by atoms with Crippen LogP contribution in [-0.2, 0) is 47.6 Å². The number of carbonyl (C=O) groups excluding carboxylic acids is 4. The zero-order valence-electron chi connectivity index (χ0n) is 27.9. The van der Waals surface area contributed by atoms with Crippen molar-refractivity contribution in [3.63, 3.8) is 0 Å². The second-order valence-electron chi connectivity index (χ2n) is 11.5. The first kappa shape index (κ1) is 40.7. The fraction of sp³-hybridized carbons (Fsp3) is 0.867. The van der Waals surface area contributed by atoms with Crippen LogP contribution in [0.2, 0.25) is 0 Å². The highest BCUT2D eigenvalue weighted by Gasteiger charge is 2.29. The van der Waals surface area contributed by atoms with Gasteiger partial charge in [0.2, 0.25) is 23.6 Å². The van der Waals surface area contributed by atoms with E-state index in [0.29, 0.717) is 26.1 Å². The molecule has 2 fully saturated rings. The van der Waals surface area contributed by atoms with Crippen LogP contribution in [-0.4, -0.2) is 162 Å². The van der Waals surface area contributed by atoms with Gasteiger partial charge in [0.25, 0.3) is 0 Å². The molecule has 6 N–H and O–H groups in total. The molecule has 0 radical (unpaired) electrons. The van der Waals surface area contributed by atoms with Crippen LogP contribution in [0.15, 0.2) is 0 Å². The topological polar surface area (TPSA) is 215 Å². The van der Waals surface area contributed by atoms with E-state index >= 15 is 0 Å². The highest BCUT2D eigenvalue weighted by atomic mass is 16.7. The standard InChI is InChI=1S/C30H55N5O12/c1-21-4-6-23(36)29(46-21)44-14-10-33-27(40)19-35(18-26(39)32-9-13-43-17-16-42-12-8-25(38)31-3)20-28(41)34-11-15-45-30-24(37)7-5-22(2)47-30/h21-24,29-30,36-37H,4-20H2,1-3H3,(H,31,38)(H,32,39)(H,33,40)(H,34,41)/t21-,22-,23-,24-,29+,30+/m0/s1. The van der Waals surface area contributed by atoms with E-state index in [1.165, 1.54) is 4.90 Å². The van der Waals surface area contributed by atoms with Crippen LogP contribution >= 0.6 is 0 Å². The average molecular weight is 678 g/mol. The SMILES string of the molecule is CNC(=O)CCOCCOCCNC(=O)CN(CC(=O)NCCO[C@@H]1O[C@@H](C)CC[C@@H]1O)CC(=O)NCCO[C@@H]1O[C@@H](C)CC[C@@H]1O. The Bertz CT molecular complexity index is 884. The third-order valence-electron chi connectivity index (χ3n) is 7.31. The molecule has 2 saturated heterocycles. The number of ether oxygens (including phenoxy) is 6. The predicted octanol–water partition coefficient (Wildman–Crippen LogP) is -2.39. The number of carbonyl (C=O) groups is 4. The molecule has 47 heavy (non-hydrogen) atoms. The number of amides is 4. The molecule has 2 rings (SSSR count). The van der Waals surface area contributed by atoms with Gasteiger partial charge in [0.15, 0.2) is 12.6 Å². The molecule has 0 aromatic heterocycles. The van der Waals surface area contributed by atoms with E-state index in [1.807, 2.05) is 13.8 Å². The van der Waals surface area contributed by atoms with Gasteiger partial charge in [-0.2, -0.15) is 0 Å². The van der Waals surface area contributed by atoms with Gasteiger partial charge in [-0.15, -0.1) is 0 Å². The first-order valence-electron chi connectivity index (χ1n) is 16.4. The van der Waals surface area contributed by atoms with Gasteiger partial charge in [-0.3, -0.25) is 24.1 Å². The van der Waals surface area contributed by atoms with Crippen molar-refractivity contribution in [2.24, 2.45) is 0 Å². The Kier molecular flexibility index (Phi) is 20.6. The fourth-order valence-electron chi connectivity index (χ4n) is 4.71. The van der Waals surface area contributed by atoms with Crippen LogP contribution in [0.4, 0.5) is 0 Å². The molecule has 4 amide bonds. The van der Waals surface area contributed by atoms with E-state index in [-0.39, 0.29) is 90.2 Å². The molecule has 2 aliphatic heterocycles. The van der Waals surface area contributed by atoms with Gasteiger partial charge in [0.05, 0.1) is 71.5 Å². The number of hydrogen-bond acceptors (Lipinski definition) is 13. The normalized spacial score (nSPS) is 24.5. The molecule has 0 spiro atoms. The molecule has 0 bridgehead atoms. The third kappa shape index (κ3) is 18.6. The predicted molar refractivity (Wildman–Crippen MR) is 167 cm³/mol. The molecule has 17 heteroatoms. The van der Waals surface area contributed by atoms with Crippen LogP contribution in [0, 0.1) is 0 Å². The Morgan fingerprint density at radius 3 is 1.51 bits per heavy atom. The maximum Gasteiger partial charge on any atom is 0.234 e. The van der Waals surface area contributed by atoms with Gasteiger partial charge in [-0.25, -0.2) is 0 Å². The summed E-state index contributed by atoms with van der Waals surface area (Å²) in [6.07, 6.45) is -0.166. The maximum absolute atomic E-state index is 12.7. The summed E-state index contributed by atoms with van der Waals surface area (Å²) < 4.78 is 33.0. The minimum absolute atomic E-state index is 0.0294. The highest BCUT2D eigenvalue weighted by Crippen LogP contribution is 2.20. The van der Waals surface area contributed by atoms with Crippen molar-refractivity contribution in [1.29, 1.82) is 0 Å². The lowest BCUT2D eigenvalue weighted by atomic mass is 10.1. The third-order valence-corrected chi connectivity index (χ3v) is 7.31. The molecule has 272 valence electrons. The number of aliphatic hydroxyl groups excluding tert-OH is 2. The van der Waals surface area contributed by atoms with E-state index in [2.05, 4.69) is 21.3 Å². The number of rotatable bonds is 23. The van der Waals surface area contributed by atoms with E-state index in [9.17, 15) is 29.4 Å². The van der Waals surface area contributed by atoms with Crippen molar-refractivity contribution in [2.45, 2.75) is 82.9 Å². The first-order chi connectivity index (χ1) is 22.6. The summed E-state index contributed by atoms with van der Waals surface area (Å²) in [7, 11) is 1.56. The lowest BCUT2D eigenvalue weighted by Crippen LogP contribution is -2.48. The number of hydrogen-bond donors (Lipinski definition) is 6. The molecule has 6 atom stereocenters. The van der Waals surface area contributed by atoms with Crippen molar-refractivity contribution in [2.75, 3.05) is 86.0 Å². The van der Waals surface area contributed by atoms with Crippen molar-refractivity contribution in [3.8, 4) is 0 Å². The Morgan fingerprint density at radius 2 is 1.06 bits per heavy atom. The minimum Gasteiger partial charge on any atom is -0.388 e. The number of aliphatic hydroxyl groups is 2. The first-order valence-corrected chi connectivity index (χ1v) is 16.4. The number of nitrogens with zero attached hydrogens (tertiary/aromatic N) is 1. The molecule has 2 aliphatic rings. The van der Waals surface area contributed by atoms with Crippen LogP contribution in [0.1, 0.15) is 46.0 Å². The zero-order chi connectivity index (χ0) is 34.4. The summed E-state index contributed by atoms with van der Waals surface area (Å²) in [5.41, 5.74) is 0. The van der Waals surface area contributed by atoms with Crippen LogP contribution in [0.5, 0.6) is 0 Å². The molecule has 2 heterocycles. The molecule has 0 aromatic rings. The van der Waals surface area contributed by atoms with Gasteiger partial charge >= 0.3 is 0 Å². The highest BCUT2D eigenvalue weighted by molar-refractivity contribution is 5.84. The fourth-order valence-corrected chi connectivity index (χ4v) is 4.71.